The van der Waals surface area contributed by atoms with Crippen molar-refractivity contribution in [3.05, 3.63) is 35.9 Å². The smallest absolute Gasteiger partial charge is 0.328 e. The maximum Gasteiger partial charge on any atom is 0.328 e. The molecule has 6 nitrogen and oxygen atoms in total. The molecule has 0 aliphatic heterocycles. The Balaban J connectivity index is 2.85. The Morgan fingerprint density at radius 1 is 1.16 bits per heavy atom. The summed E-state index contributed by atoms with van der Waals surface area (Å²) in [6.45, 7) is 3.17. The Morgan fingerprint density at radius 2 is 1.84 bits per heavy atom. The molecular weight excluding hydrogens is 248 g/mol. The molecule has 0 bridgehead atoms. The van der Waals surface area contributed by atoms with E-state index in [-0.39, 0.29) is 5.91 Å². The van der Waals surface area contributed by atoms with Crippen LogP contribution in [0.1, 0.15) is 12.5 Å². The average molecular weight is 262 g/mol. The number of carbonyl (C=O) groups is 3. The number of carboxylic acids is 1. The molecule has 3 N–H and O–H groups in total. The van der Waals surface area contributed by atoms with Gasteiger partial charge in [0, 0.05) is 30.5 Å². The molecule has 0 unspecified atom stereocenters. The van der Waals surface area contributed by atoms with Crippen LogP contribution in [0.25, 0.3) is 0 Å². The van der Waals surface area contributed by atoms with Crippen LogP contribution in [0.15, 0.2) is 30.4 Å². The fourth-order valence-electron chi connectivity index (χ4n) is 1.36. The summed E-state index contributed by atoms with van der Waals surface area (Å²) in [6, 6.07) is 5.05. The highest BCUT2D eigenvalue weighted by Crippen LogP contribution is 2.20. The number of hydrogen-bond acceptors (Lipinski definition) is 3. The summed E-state index contributed by atoms with van der Waals surface area (Å²) in [5.74, 6) is -1.96. The zero-order valence-electron chi connectivity index (χ0n) is 10.6. The fourth-order valence-corrected chi connectivity index (χ4v) is 1.36. The van der Waals surface area contributed by atoms with E-state index >= 15 is 0 Å². The number of anilines is 2. The molecule has 0 saturated heterocycles. The van der Waals surface area contributed by atoms with Crippen molar-refractivity contribution in [1.82, 2.24) is 0 Å². The number of aliphatic carboxylic acids is 1. The molecule has 0 fully saturated rings. The molecule has 2 amide bonds. The number of carboxylic acid groups (broad SMARTS) is 1. The first-order chi connectivity index (χ1) is 8.88. The van der Waals surface area contributed by atoms with Crippen LogP contribution >= 0.6 is 0 Å². The minimum atomic E-state index is -1.20. The number of benzene rings is 1. The summed E-state index contributed by atoms with van der Waals surface area (Å²) in [5.41, 5.74) is 1.85. The van der Waals surface area contributed by atoms with Gasteiger partial charge in [-0.25, -0.2) is 4.79 Å². The lowest BCUT2D eigenvalue weighted by Crippen LogP contribution is -2.11. The third-order valence-corrected chi connectivity index (χ3v) is 2.19. The Hall–Kier alpha value is -2.63. The summed E-state index contributed by atoms with van der Waals surface area (Å²) in [4.78, 5) is 32.7. The minimum absolute atomic E-state index is 0.216. The van der Waals surface area contributed by atoms with Crippen molar-refractivity contribution in [1.29, 1.82) is 0 Å². The third kappa shape index (κ3) is 5.03. The molecule has 0 heterocycles. The quantitative estimate of drug-likeness (QED) is 0.717. The van der Waals surface area contributed by atoms with Crippen LogP contribution in [-0.2, 0) is 14.4 Å². The number of rotatable bonds is 4. The van der Waals surface area contributed by atoms with Crippen molar-refractivity contribution in [3.8, 4) is 0 Å². The van der Waals surface area contributed by atoms with E-state index in [1.54, 1.807) is 25.1 Å². The van der Waals surface area contributed by atoms with Gasteiger partial charge in [-0.05, 0) is 24.6 Å². The zero-order valence-corrected chi connectivity index (χ0v) is 10.6. The molecule has 0 spiro atoms. The van der Waals surface area contributed by atoms with Gasteiger partial charge in [0.15, 0.2) is 0 Å². The number of hydrogen-bond donors (Lipinski definition) is 3. The second kappa shape index (κ2) is 6.34. The lowest BCUT2D eigenvalue weighted by Gasteiger charge is -2.09. The maximum atomic E-state index is 11.5. The first-order valence-corrected chi connectivity index (χ1v) is 5.48. The Morgan fingerprint density at radius 3 is 2.42 bits per heavy atom. The van der Waals surface area contributed by atoms with Crippen LogP contribution in [0.4, 0.5) is 11.4 Å². The van der Waals surface area contributed by atoms with E-state index in [0.717, 1.165) is 17.7 Å². The monoisotopic (exact) mass is 262 g/mol. The molecule has 6 heteroatoms. The molecule has 19 heavy (non-hydrogen) atoms. The number of aryl methyl sites for hydroxylation is 1. The van der Waals surface area contributed by atoms with Crippen molar-refractivity contribution in [2.75, 3.05) is 10.6 Å². The normalized spacial score (nSPS) is 10.2. The Labute approximate surface area is 110 Å². The van der Waals surface area contributed by atoms with Crippen molar-refractivity contribution in [3.63, 3.8) is 0 Å². The number of amides is 2. The SMILES string of the molecule is CC(=O)Nc1ccc(C)c(NC(=O)/C=C/C(=O)O)c1. The molecule has 1 aromatic carbocycles. The van der Waals surface area contributed by atoms with Gasteiger partial charge in [-0.1, -0.05) is 6.07 Å². The Kier molecular flexibility index (Phi) is 4.82. The Bertz CT molecular complexity index is 550. The van der Waals surface area contributed by atoms with E-state index in [0.29, 0.717) is 11.4 Å². The summed E-state index contributed by atoms with van der Waals surface area (Å²) >= 11 is 0. The van der Waals surface area contributed by atoms with E-state index in [1.807, 2.05) is 0 Å². The first-order valence-electron chi connectivity index (χ1n) is 5.48. The number of carbonyl (C=O) groups excluding carboxylic acids is 2. The van der Waals surface area contributed by atoms with E-state index in [2.05, 4.69) is 10.6 Å². The standard InChI is InChI=1S/C13H14N2O4/c1-8-3-4-10(14-9(2)16)7-11(8)15-12(17)5-6-13(18)19/h3-7H,1-2H3,(H,14,16)(H,15,17)(H,18,19)/b6-5+. The van der Waals surface area contributed by atoms with Gasteiger partial charge in [0.25, 0.3) is 0 Å². The van der Waals surface area contributed by atoms with Crippen LogP contribution in [0.5, 0.6) is 0 Å². The van der Waals surface area contributed by atoms with Gasteiger partial charge in [-0.2, -0.15) is 0 Å². The zero-order chi connectivity index (χ0) is 14.4. The van der Waals surface area contributed by atoms with Crippen LogP contribution in [-0.4, -0.2) is 22.9 Å². The topological polar surface area (TPSA) is 95.5 Å². The van der Waals surface area contributed by atoms with E-state index in [9.17, 15) is 14.4 Å². The third-order valence-electron chi connectivity index (χ3n) is 2.19. The van der Waals surface area contributed by atoms with Gasteiger partial charge in [-0.3, -0.25) is 9.59 Å². The highest BCUT2D eigenvalue weighted by atomic mass is 16.4. The predicted octanol–water partition coefficient (Wildman–Crippen LogP) is 1.53. The maximum absolute atomic E-state index is 11.5. The molecule has 0 saturated carbocycles. The molecule has 100 valence electrons. The van der Waals surface area contributed by atoms with Crippen LogP contribution in [0.2, 0.25) is 0 Å². The van der Waals surface area contributed by atoms with E-state index < -0.39 is 11.9 Å². The van der Waals surface area contributed by atoms with Crippen molar-refractivity contribution in [2.45, 2.75) is 13.8 Å². The molecule has 1 rings (SSSR count). The van der Waals surface area contributed by atoms with Crippen LogP contribution in [0, 0.1) is 6.92 Å². The van der Waals surface area contributed by atoms with Gasteiger partial charge in [0.2, 0.25) is 11.8 Å². The lowest BCUT2D eigenvalue weighted by atomic mass is 10.1. The van der Waals surface area contributed by atoms with Crippen LogP contribution < -0.4 is 10.6 Å². The van der Waals surface area contributed by atoms with Crippen molar-refractivity contribution < 1.29 is 19.5 Å². The summed E-state index contributed by atoms with van der Waals surface area (Å²) in [7, 11) is 0. The van der Waals surface area contributed by atoms with Gasteiger partial charge in [0.05, 0.1) is 0 Å². The van der Waals surface area contributed by atoms with Gasteiger partial charge in [-0.15, -0.1) is 0 Å². The van der Waals surface area contributed by atoms with E-state index in [1.165, 1.54) is 6.92 Å². The second-order valence-corrected chi connectivity index (χ2v) is 3.87. The summed E-state index contributed by atoms with van der Waals surface area (Å²) < 4.78 is 0. The highest BCUT2D eigenvalue weighted by molar-refractivity contribution is 6.03. The lowest BCUT2D eigenvalue weighted by molar-refractivity contribution is -0.131. The molecule has 0 aromatic heterocycles. The van der Waals surface area contributed by atoms with Crippen molar-refractivity contribution in [2.24, 2.45) is 0 Å². The highest BCUT2D eigenvalue weighted by Gasteiger charge is 2.04. The van der Waals surface area contributed by atoms with Crippen LogP contribution in [0.3, 0.4) is 0 Å². The first kappa shape index (κ1) is 14.4. The molecule has 0 aliphatic rings. The van der Waals surface area contributed by atoms with Gasteiger partial charge in [0.1, 0.15) is 0 Å². The molecule has 0 atom stereocenters. The summed E-state index contributed by atoms with van der Waals surface area (Å²) in [5, 5.41) is 13.5. The van der Waals surface area contributed by atoms with Gasteiger partial charge >= 0.3 is 5.97 Å². The molecule has 0 aliphatic carbocycles. The largest absolute Gasteiger partial charge is 0.478 e. The average Bonchev–Trinajstić information content (AvgIpc) is 2.30. The van der Waals surface area contributed by atoms with Crippen molar-refractivity contribution >= 4 is 29.2 Å². The molecule has 1 aromatic rings. The fraction of sp³-hybridized carbons (Fsp3) is 0.154. The van der Waals surface area contributed by atoms with E-state index in [4.69, 9.17) is 5.11 Å². The summed E-state index contributed by atoms with van der Waals surface area (Å²) in [6.07, 6.45) is 1.68. The minimum Gasteiger partial charge on any atom is -0.478 e. The second-order valence-electron chi connectivity index (χ2n) is 3.87. The predicted molar refractivity (Wildman–Crippen MR) is 70.9 cm³/mol. The number of nitrogens with one attached hydrogen (secondary N) is 2. The van der Waals surface area contributed by atoms with Gasteiger partial charge < -0.3 is 15.7 Å². The molecule has 0 radical (unpaired) electrons. The molecular formula is C13H14N2O4.